The van der Waals surface area contributed by atoms with Crippen molar-refractivity contribution in [3.8, 4) is 11.5 Å². The standard InChI is InChI=1S/C27H36N2O4/c1-20-3-2-8-27(15-20,23-4-6-25-21(13-23)16-28(9-11-30)18-32-25)24-5-7-26-22(14-24)17-29(10-12-31)19-33-26/h4-7,13-14,20,30-31H,2-3,8-12,15-19H2,1H3. The molecule has 0 spiro atoms. The van der Waals surface area contributed by atoms with Gasteiger partial charge in [0.25, 0.3) is 0 Å². The predicted octanol–water partition coefficient (Wildman–Crippen LogP) is 3.47. The minimum atomic E-state index is -0.0275. The first-order chi connectivity index (χ1) is 16.1. The number of β-amino-alcohol motifs (C(OH)–C–C–N with tert-alkyl or cyclic N) is 2. The molecule has 1 saturated carbocycles. The summed E-state index contributed by atoms with van der Waals surface area (Å²) in [5.41, 5.74) is 5.12. The average molecular weight is 453 g/mol. The first kappa shape index (κ1) is 22.7. The van der Waals surface area contributed by atoms with E-state index < -0.39 is 0 Å². The molecule has 0 bridgehead atoms. The lowest BCUT2D eigenvalue weighted by Gasteiger charge is -2.42. The second kappa shape index (κ2) is 9.63. The highest BCUT2D eigenvalue weighted by Crippen LogP contribution is 2.49. The van der Waals surface area contributed by atoms with Crippen LogP contribution >= 0.6 is 0 Å². The summed E-state index contributed by atoms with van der Waals surface area (Å²) in [5.74, 6) is 2.59. The van der Waals surface area contributed by atoms with Crippen LogP contribution in [0.4, 0.5) is 0 Å². The maximum atomic E-state index is 9.37. The van der Waals surface area contributed by atoms with Crippen LogP contribution < -0.4 is 9.47 Å². The van der Waals surface area contributed by atoms with E-state index in [1.165, 1.54) is 35.1 Å². The molecule has 2 aromatic carbocycles. The monoisotopic (exact) mass is 452 g/mol. The Morgan fingerprint density at radius 3 is 1.91 bits per heavy atom. The van der Waals surface area contributed by atoms with E-state index in [2.05, 4.69) is 53.1 Å². The van der Waals surface area contributed by atoms with Crippen molar-refractivity contribution in [2.45, 2.75) is 51.1 Å². The van der Waals surface area contributed by atoms with E-state index in [0.29, 0.717) is 32.5 Å². The largest absolute Gasteiger partial charge is 0.478 e. The third-order valence-corrected chi connectivity index (χ3v) is 7.65. The molecule has 6 nitrogen and oxygen atoms in total. The Balaban J connectivity index is 1.53. The number of aliphatic hydroxyl groups is 2. The molecule has 2 N–H and O–H groups in total. The molecule has 6 heteroatoms. The molecule has 1 fully saturated rings. The fourth-order valence-corrected chi connectivity index (χ4v) is 5.99. The normalized spacial score (nSPS) is 22.7. The molecule has 33 heavy (non-hydrogen) atoms. The van der Waals surface area contributed by atoms with Gasteiger partial charge in [-0.2, -0.15) is 0 Å². The van der Waals surface area contributed by atoms with Crippen LogP contribution in [0.2, 0.25) is 0 Å². The predicted molar refractivity (Wildman–Crippen MR) is 127 cm³/mol. The molecule has 2 aliphatic heterocycles. The van der Waals surface area contributed by atoms with E-state index in [4.69, 9.17) is 9.47 Å². The summed E-state index contributed by atoms with van der Waals surface area (Å²) in [7, 11) is 0. The quantitative estimate of drug-likeness (QED) is 0.700. The van der Waals surface area contributed by atoms with E-state index in [1.54, 1.807) is 0 Å². The number of nitrogens with zero attached hydrogens (tertiary/aromatic N) is 2. The van der Waals surface area contributed by atoms with Crippen molar-refractivity contribution in [2.24, 2.45) is 5.92 Å². The number of hydrogen-bond acceptors (Lipinski definition) is 6. The molecule has 1 atom stereocenters. The maximum Gasteiger partial charge on any atom is 0.142 e. The summed E-state index contributed by atoms with van der Waals surface area (Å²) < 4.78 is 11.9. The Labute approximate surface area is 196 Å². The van der Waals surface area contributed by atoms with Gasteiger partial charge in [-0.05, 0) is 54.2 Å². The molecule has 1 aliphatic carbocycles. The van der Waals surface area contributed by atoms with Crippen LogP contribution in [0.25, 0.3) is 0 Å². The minimum absolute atomic E-state index is 0.0275. The van der Waals surface area contributed by atoms with Gasteiger partial charge in [0.2, 0.25) is 0 Å². The van der Waals surface area contributed by atoms with E-state index in [0.717, 1.165) is 37.4 Å². The van der Waals surface area contributed by atoms with Crippen molar-refractivity contribution in [2.75, 3.05) is 39.8 Å². The summed E-state index contributed by atoms with van der Waals surface area (Å²) in [6, 6.07) is 13.5. The van der Waals surface area contributed by atoms with Crippen LogP contribution in [0, 0.1) is 5.92 Å². The second-order valence-electron chi connectivity index (χ2n) is 10.0. The number of benzene rings is 2. The minimum Gasteiger partial charge on any atom is -0.478 e. The van der Waals surface area contributed by atoms with E-state index in [-0.39, 0.29) is 18.6 Å². The second-order valence-corrected chi connectivity index (χ2v) is 10.0. The lowest BCUT2D eigenvalue weighted by atomic mass is 9.62. The highest BCUT2D eigenvalue weighted by molar-refractivity contribution is 5.49. The Hall–Kier alpha value is -2.12. The summed E-state index contributed by atoms with van der Waals surface area (Å²) in [6.07, 6.45) is 4.76. The SMILES string of the molecule is CC1CCCC(c2ccc3c(c2)CN(CCO)CO3)(c2ccc3c(c2)CN(CCO)CO3)C1. The van der Waals surface area contributed by atoms with Crippen molar-refractivity contribution in [1.29, 1.82) is 0 Å². The molecule has 0 saturated heterocycles. The molecular formula is C27H36N2O4. The van der Waals surface area contributed by atoms with Crippen LogP contribution in [0.15, 0.2) is 36.4 Å². The van der Waals surface area contributed by atoms with E-state index in [9.17, 15) is 10.2 Å². The van der Waals surface area contributed by atoms with Crippen LogP contribution in [0.5, 0.6) is 11.5 Å². The van der Waals surface area contributed by atoms with E-state index in [1.807, 2.05) is 0 Å². The molecule has 178 valence electrons. The van der Waals surface area contributed by atoms with Crippen LogP contribution in [0.3, 0.4) is 0 Å². The van der Waals surface area contributed by atoms with Gasteiger partial charge in [0.15, 0.2) is 0 Å². The summed E-state index contributed by atoms with van der Waals surface area (Å²) in [6.45, 7) is 6.60. The molecule has 5 rings (SSSR count). The van der Waals surface area contributed by atoms with Crippen molar-refractivity contribution >= 4 is 0 Å². The van der Waals surface area contributed by atoms with Gasteiger partial charge in [-0.3, -0.25) is 9.80 Å². The summed E-state index contributed by atoms with van der Waals surface area (Å²) >= 11 is 0. The van der Waals surface area contributed by atoms with Gasteiger partial charge in [-0.25, -0.2) is 0 Å². The van der Waals surface area contributed by atoms with Crippen LogP contribution in [-0.2, 0) is 18.5 Å². The zero-order valence-corrected chi connectivity index (χ0v) is 19.6. The molecule has 2 aromatic rings. The van der Waals surface area contributed by atoms with Gasteiger partial charge in [0, 0.05) is 42.7 Å². The molecule has 0 radical (unpaired) electrons. The lowest BCUT2D eigenvalue weighted by molar-refractivity contribution is 0.0767. The molecule has 2 heterocycles. The van der Waals surface area contributed by atoms with Gasteiger partial charge < -0.3 is 19.7 Å². The Kier molecular flexibility index (Phi) is 6.61. The summed E-state index contributed by atoms with van der Waals surface area (Å²) in [5, 5.41) is 18.7. The molecule has 0 amide bonds. The molecule has 3 aliphatic rings. The fourth-order valence-electron chi connectivity index (χ4n) is 5.99. The van der Waals surface area contributed by atoms with Gasteiger partial charge in [-0.15, -0.1) is 0 Å². The zero-order valence-electron chi connectivity index (χ0n) is 19.6. The number of fused-ring (bicyclic) bond motifs is 2. The Morgan fingerprint density at radius 2 is 1.42 bits per heavy atom. The van der Waals surface area contributed by atoms with Crippen molar-refractivity contribution in [3.05, 3.63) is 58.7 Å². The fraction of sp³-hybridized carbons (Fsp3) is 0.556. The molecular weight excluding hydrogens is 416 g/mol. The van der Waals surface area contributed by atoms with Crippen molar-refractivity contribution in [1.82, 2.24) is 9.80 Å². The number of rotatable bonds is 6. The third-order valence-electron chi connectivity index (χ3n) is 7.65. The van der Waals surface area contributed by atoms with Gasteiger partial charge >= 0.3 is 0 Å². The van der Waals surface area contributed by atoms with Crippen LogP contribution in [-0.4, -0.2) is 59.8 Å². The first-order valence-electron chi connectivity index (χ1n) is 12.3. The smallest absolute Gasteiger partial charge is 0.142 e. The first-order valence-corrected chi connectivity index (χ1v) is 12.3. The van der Waals surface area contributed by atoms with Crippen LogP contribution in [0.1, 0.15) is 54.9 Å². The maximum absolute atomic E-state index is 9.37. The average Bonchev–Trinajstić information content (AvgIpc) is 2.83. The zero-order chi connectivity index (χ0) is 22.8. The van der Waals surface area contributed by atoms with Gasteiger partial charge in [0.05, 0.1) is 13.2 Å². The highest BCUT2D eigenvalue weighted by Gasteiger charge is 2.39. The Bertz CT molecular complexity index is 911. The molecule has 1 unspecified atom stereocenters. The number of hydrogen-bond donors (Lipinski definition) is 2. The van der Waals surface area contributed by atoms with Crippen molar-refractivity contribution in [3.63, 3.8) is 0 Å². The third kappa shape index (κ3) is 4.50. The topological polar surface area (TPSA) is 65.4 Å². The Morgan fingerprint density at radius 1 is 0.879 bits per heavy atom. The van der Waals surface area contributed by atoms with Gasteiger partial charge in [-0.1, -0.05) is 31.9 Å². The number of aliphatic hydroxyl groups excluding tert-OH is 2. The molecule has 0 aromatic heterocycles. The van der Waals surface area contributed by atoms with Gasteiger partial charge in [0.1, 0.15) is 25.0 Å². The number of ether oxygens (including phenoxy) is 2. The summed E-state index contributed by atoms with van der Waals surface area (Å²) in [4.78, 5) is 4.29. The lowest BCUT2D eigenvalue weighted by Crippen LogP contribution is -2.37. The van der Waals surface area contributed by atoms with Crippen molar-refractivity contribution < 1.29 is 19.7 Å². The van der Waals surface area contributed by atoms with E-state index >= 15 is 0 Å². The highest BCUT2D eigenvalue weighted by atomic mass is 16.5.